The third-order valence-corrected chi connectivity index (χ3v) is 5.04. The molecule has 1 aliphatic heterocycles. The first-order chi connectivity index (χ1) is 15.2. The first-order valence-electron chi connectivity index (χ1n) is 9.50. The van der Waals surface area contributed by atoms with E-state index in [4.69, 9.17) is 15.8 Å². The van der Waals surface area contributed by atoms with Crippen LogP contribution in [0, 0.1) is 17.6 Å². The van der Waals surface area contributed by atoms with Gasteiger partial charge in [-0.25, -0.2) is 18.0 Å². The molecule has 0 amide bonds. The maximum atomic E-state index is 15.6. The number of pyridine rings is 1. The van der Waals surface area contributed by atoms with Gasteiger partial charge in [0.1, 0.15) is 36.2 Å². The topological polar surface area (TPSA) is 143 Å². The summed E-state index contributed by atoms with van der Waals surface area (Å²) >= 11 is 0. The molecule has 4 N–H and O–H groups in total. The monoisotopic (exact) mass is 455 g/mol. The highest BCUT2D eigenvalue weighted by atomic mass is 19.1. The molecule has 1 fully saturated rings. The van der Waals surface area contributed by atoms with Crippen molar-refractivity contribution in [2.45, 2.75) is 13.5 Å². The van der Waals surface area contributed by atoms with Crippen molar-refractivity contribution in [3.05, 3.63) is 39.7 Å². The van der Waals surface area contributed by atoms with Crippen LogP contribution < -0.4 is 16.1 Å². The highest BCUT2D eigenvalue weighted by molar-refractivity contribution is 6.10. The van der Waals surface area contributed by atoms with Gasteiger partial charge in [0.05, 0.1) is 35.6 Å². The van der Waals surface area contributed by atoms with E-state index >= 15 is 8.78 Å². The number of nitrogens with two attached hydrogens (primary N) is 1. The molecule has 1 saturated heterocycles. The Kier molecular flexibility index (Phi) is 6.55. The third-order valence-electron chi connectivity index (χ3n) is 5.04. The lowest BCUT2D eigenvalue weighted by Gasteiger charge is -2.21. The van der Waals surface area contributed by atoms with E-state index in [1.807, 2.05) is 0 Å². The van der Waals surface area contributed by atoms with Gasteiger partial charge in [-0.05, 0) is 13.0 Å². The van der Waals surface area contributed by atoms with Gasteiger partial charge < -0.3 is 30.4 Å². The van der Waals surface area contributed by atoms with Crippen molar-refractivity contribution < 1.29 is 33.1 Å². The van der Waals surface area contributed by atoms with Gasteiger partial charge in [0, 0.05) is 12.7 Å². The number of fused-ring (bicyclic) bond motifs is 1. The summed E-state index contributed by atoms with van der Waals surface area (Å²) in [6, 6.07) is 0.716. The molecule has 13 heteroatoms. The van der Waals surface area contributed by atoms with Crippen LogP contribution in [0.3, 0.4) is 0 Å². The molecule has 0 spiro atoms. The Morgan fingerprint density at radius 2 is 2.12 bits per heavy atom. The fraction of sp³-hybridized carbons (Fsp3) is 0.368. The Balaban J connectivity index is 2.22. The number of carboxylic acids is 1. The lowest BCUT2D eigenvalue weighted by atomic mass is 10.1. The fourth-order valence-corrected chi connectivity index (χ4v) is 3.63. The van der Waals surface area contributed by atoms with Crippen LogP contribution in [0.2, 0.25) is 0 Å². The van der Waals surface area contributed by atoms with Gasteiger partial charge in [-0.15, -0.1) is 0 Å². The number of hydrogen-bond acceptors (Lipinski definition) is 7. The van der Waals surface area contributed by atoms with Gasteiger partial charge in [-0.2, -0.15) is 0 Å². The first-order valence-corrected chi connectivity index (χ1v) is 9.50. The molecule has 2 aromatic rings. The molecule has 1 unspecified atom stereocenters. The lowest BCUT2D eigenvalue weighted by molar-refractivity contribution is 0.0694. The number of amidine groups is 1. The van der Waals surface area contributed by atoms with E-state index in [-0.39, 0.29) is 31.2 Å². The van der Waals surface area contributed by atoms with Crippen LogP contribution in [0.15, 0.2) is 27.4 Å². The van der Waals surface area contributed by atoms with E-state index < -0.39 is 64.3 Å². The number of benzene rings is 1. The molecule has 0 saturated carbocycles. The zero-order chi connectivity index (χ0) is 23.6. The van der Waals surface area contributed by atoms with Gasteiger partial charge in [-0.3, -0.25) is 4.79 Å². The van der Waals surface area contributed by atoms with Gasteiger partial charge in [-0.1, -0.05) is 10.3 Å². The fourth-order valence-electron chi connectivity index (χ4n) is 3.63. The number of halogens is 3. The molecular formula is C19H20F3N5O5. The molecule has 0 bridgehead atoms. The summed E-state index contributed by atoms with van der Waals surface area (Å²) in [4.78, 5) is 30.1. The second-order valence-electron chi connectivity index (χ2n) is 6.93. The van der Waals surface area contributed by atoms with Crippen LogP contribution in [0.4, 0.5) is 18.9 Å². The summed E-state index contributed by atoms with van der Waals surface area (Å²) in [5.74, 6) is -4.97. The average Bonchev–Trinajstić information content (AvgIpc) is 3.17. The summed E-state index contributed by atoms with van der Waals surface area (Å²) in [6.45, 7) is 0.189. The molecule has 10 nitrogen and oxygen atoms in total. The van der Waals surface area contributed by atoms with E-state index in [1.54, 1.807) is 6.92 Å². The second kappa shape index (κ2) is 9.16. The van der Waals surface area contributed by atoms with Crippen LogP contribution in [0.25, 0.3) is 10.9 Å². The van der Waals surface area contributed by atoms with Gasteiger partial charge in [0.2, 0.25) is 5.43 Å². The summed E-state index contributed by atoms with van der Waals surface area (Å²) in [5.41, 5.74) is 3.11. The summed E-state index contributed by atoms with van der Waals surface area (Å²) in [7, 11) is 0. The standard InChI is InChI=1S/C19H20F3N5O5/c1-2-32-25-13-8-27(6-10(13)18(23)24-31)16-12(21)5-9-15(14(16)22)26(4-3-20)7-11(17(9)28)19(29)30/h5,7,10,31H,2-4,6,8H2,1H3,(H2,23,24)(H,29,30)/b25-13+. The number of carboxylic acid groups (broad SMARTS) is 1. The van der Waals surface area contributed by atoms with Gasteiger partial charge >= 0.3 is 5.97 Å². The van der Waals surface area contributed by atoms with Crippen molar-refractivity contribution in [2.75, 3.05) is 31.3 Å². The Morgan fingerprint density at radius 1 is 1.41 bits per heavy atom. The SMILES string of the molecule is CCO/N=C1\CN(c2c(F)cc3c(=O)c(C(=O)O)cn(CCF)c3c2F)CC1/C(N)=N\O. The van der Waals surface area contributed by atoms with Crippen molar-refractivity contribution in [1.29, 1.82) is 0 Å². The maximum Gasteiger partial charge on any atom is 0.341 e. The first kappa shape index (κ1) is 22.9. The number of oxime groups is 2. The number of aromatic nitrogens is 1. The number of hydrogen-bond donors (Lipinski definition) is 3. The molecule has 1 aromatic carbocycles. The number of aryl methyl sites for hydroxylation is 1. The lowest BCUT2D eigenvalue weighted by Crippen LogP contribution is -2.31. The van der Waals surface area contributed by atoms with E-state index in [2.05, 4.69) is 10.3 Å². The van der Waals surface area contributed by atoms with E-state index in [9.17, 15) is 19.1 Å². The Morgan fingerprint density at radius 3 is 2.72 bits per heavy atom. The highest BCUT2D eigenvalue weighted by Gasteiger charge is 2.36. The predicted octanol–water partition coefficient (Wildman–Crippen LogP) is 1.52. The highest BCUT2D eigenvalue weighted by Crippen LogP contribution is 2.33. The summed E-state index contributed by atoms with van der Waals surface area (Å²) in [5, 5.41) is 24.5. The van der Waals surface area contributed by atoms with E-state index in [0.29, 0.717) is 6.07 Å². The minimum Gasteiger partial charge on any atom is -0.477 e. The average molecular weight is 455 g/mol. The smallest absolute Gasteiger partial charge is 0.341 e. The van der Waals surface area contributed by atoms with Crippen LogP contribution in [-0.2, 0) is 11.4 Å². The van der Waals surface area contributed by atoms with Crippen molar-refractivity contribution in [3.63, 3.8) is 0 Å². The molecule has 1 atom stereocenters. The molecule has 3 rings (SSSR count). The Labute approximate surface area is 179 Å². The quantitative estimate of drug-likeness (QED) is 0.249. The minimum atomic E-state index is -1.60. The summed E-state index contributed by atoms with van der Waals surface area (Å²) < 4.78 is 44.6. The van der Waals surface area contributed by atoms with Gasteiger partial charge in [0.25, 0.3) is 0 Å². The van der Waals surface area contributed by atoms with Crippen LogP contribution in [-0.4, -0.2) is 58.8 Å². The second-order valence-corrected chi connectivity index (χ2v) is 6.93. The largest absolute Gasteiger partial charge is 0.477 e. The number of aromatic carboxylic acids is 1. The van der Waals surface area contributed by atoms with E-state index in [1.165, 1.54) is 4.90 Å². The Hall–Kier alpha value is -3.77. The van der Waals surface area contributed by atoms with Crippen LogP contribution >= 0.6 is 0 Å². The Bertz CT molecular complexity index is 1180. The molecule has 0 aliphatic carbocycles. The number of nitrogens with zero attached hydrogens (tertiary/aromatic N) is 4. The third kappa shape index (κ3) is 3.92. The molecule has 1 aromatic heterocycles. The molecule has 0 radical (unpaired) electrons. The molecule has 1 aliphatic rings. The number of carbonyl (C=O) groups is 1. The van der Waals surface area contributed by atoms with Crippen molar-refractivity contribution >= 4 is 34.1 Å². The van der Waals surface area contributed by atoms with Gasteiger partial charge in [0.15, 0.2) is 5.82 Å². The normalized spacial score (nSPS) is 18.0. The van der Waals surface area contributed by atoms with Crippen molar-refractivity contribution in [2.24, 2.45) is 22.0 Å². The maximum absolute atomic E-state index is 15.6. The molecule has 172 valence electrons. The number of alkyl halides is 1. The van der Waals surface area contributed by atoms with E-state index in [0.717, 1.165) is 10.8 Å². The number of anilines is 1. The molecule has 32 heavy (non-hydrogen) atoms. The number of rotatable bonds is 7. The van der Waals surface area contributed by atoms with Crippen LogP contribution in [0.1, 0.15) is 17.3 Å². The minimum absolute atomic E-state index is 0.123. The zero-order valence-corrected chi connectivity index (χ0v) is 16.9. The summed E-state index contributed by atoms with van der Waals surface area (Å²) in [6.07, 6.45) is 0.822. The molecular weight excluding hydrogens is 435 g/mol. The predicted molar refractivity (Wildman–Crippen MR) is 109 cm³/mol. The zero-order valence-electron chi connectivity index (χ0n) is 16.9. The van der Waals surface area contributed by atoms with Crippen molar-refractivity contribution in [3.8, 4) is 0 Å². The van der Waals surface area contributed by atoms with Crippen molar-refractivity contribution in [1.82, 2.24) is 4.57 Å². The van der Waals surface area contributed by atoms with Crippen LogP contribution in [0.5, 0.6) is 0 Å². The molecule has 2 heterocycles.